The lowest BCUT2D eigenvalue weighted by molar-refractivity contribution is -0.136. The van der Waals surface area contributed by atoms with Crippen LogP contribution in [0.2, 0.25) is 0 Å². The Morgan fingerprint density at radius 2 is 2.06 bits per heavy atom. The fourth-order valence-corrected chi connectivity index (χ4v) is 1.88. The molecule has 0 spiro atoms. The monoisotopic (exact) mass is 246 g/mol. The zero-order chi connectivity index (χ0) is 13.2. The Morgan fingerprint density at radius 3 is 2.56 bits per heavy atom. The van der Waals surface area contributed by atoms with Gasteiger partial charge in [-0.05, 0) is 5.56 Å². The first-order valence-corrected chi connectivity index (χ1v) is 6.06. The van der Waals surface area contributed by atoms with Gasteiger partial charge in [0.2, 0.25) is 0 Å². The minimum absolute atomic E-state index is 0.0627. The molecule has 4 heteroatoms. The number of nitrogens with one attached hydrogen (secondary N) is 1. The molecule has 18 heavy (non-hydrogen) atoms. The molecule has 4 nitrogen and oxygen atoms in total. The van der Waals surface area contributed by atoms with Crippen LogP contribution in [0.15, 0.2) is 29.3 Å². The van der Waals surface area contributed by atoms with Gasteiger partial charge in [0.05, 0.1) is 6.42 Å². The van der Waals surface area contributed by atoms with Gasteiger partial charge in [0.15, 0.2) is 0 Å². The third-order valence-electron chi connectivity index (χ3n) is 2.98. The molecule has 0 bridgehead atoms. The van der Waals surface area contributed by atoms with Crippen molar-refractivity contribution in [2.45, 2.75) is 20.3 Å². The maximum Gasteiger partial charge on any atom is 0.307 e. The van der Waals surface area contributed by atoms with Gasteiger partial charge in [-0.3, -0.25) is 9.79 Å². The first kappa shape index (κ1) is 12.6. The zero-order valence-electron chi connectivity index (χ0n) is 10.7. The minimum Gasteiger partial charge on any atom is -0.481 e. The molecule has 1 aromatic rings. The summed E-state index contributed by atoms with van der Waals surface area (Å²) in [4.78, 5) is 15.1. The standard InChI is InChI=1S/C14H18N2O2/c1-14(2)8-15-13(16-9-14)11-5-3-10(4-6-11)7-12(17)18/h3-6H,7-9H2,1-2H3,(H,15,16)(H,17,18). The van der Waals surface area contributed by atoms with Gasteiger partial charge >= 0.3 is 5.97 Å². The Hall–Kier alpha value is -1.84. The second-order valence-electron chi connectivity index (χ2n) is 5.45. The van der Waals surface area contributed by atoms with Crippen LogP contribution in [0.3, 0.4) is 0 Å². The number of aliphatic carboxylic acids is 1. The second-order valence-corrected chi connectivity index (χ2v) is 5.45. The van der Waals surface area contributed by atoms with Gasteiger partial charge in [-0.15, -0.1) is 0 Å². The van der Waals surface area contributed by atoms with Crippen molar-refractivity contribution in [3.63, 3.8) is 0 Å². The molecule has 2 rings (SSSR count). The van der Waals surface area contributed by atoms with Crippen LogP contribution in [0, 0.1) is 5.41 Å². The van der Waals surface area contributed by atoms with Crippen LogP contribution in [-0.4, -0.2) is 30.0 Å². The molecule has 0 atom stereocenters. The fraction of sp³-hybridized carbons (Fsp3) is 0.429. The number of carboxylic acids is 1. The largest absolute Gasteiger partial charge is 0.481 e. The second kappa shape index (κ2) is 4.80. The van der Waals surface area contributed by atoms with Crippen molar-refractivity contribution < 1.29 is 9.90 Å². The first-order valence-electron chi connectivity index (χ1n) is 6.06. The summed E-state index contributed by atoms with van der Waals surface area (Å²) < 4.78 is 0. The predicted octanol–water partition coefficient (Wildman–Crippen LogP) is 1.69. The lowest BCUT2D eigenvalue weighted by atomic mass is 9.92. The Bertz CT molecular complexity index is 475. The number of hydrogen-bond donors (Lipinski definition) is 2. The lowest BCUT2D eigenvalue weighted by Crippen LogP contribution is -2.41. The van der Waals surface area contributed by atoms with Crippen LogP contribution in [0.4, 0.5) is 0 Å². The van der Waals surface area contributed by atoms with E-state index in [9.17, 15) is 4.79 Å². The van der Waals surface area contributed by atoms with E-state index in [0.29, 0.717) is 0 Å². The summed E-state index contributed by atoms with van der Waals surface area (Å²) in [5.41, 5.74) is 2.02. The predicted molar refractivity (Wildman–Crippen MR) is 71.0 cm³/mol. The Labute approximate surface area is 107 Å². The Morgan fingerprint density at radius 1 is 1.39 bits per heavy atom. The van der Waals surface area contributed by atoms with E-state index in [-0.39, 0.29) is 11.8 Å². The van der Waals surface area contributed by atoms with Crippen LogP contribution < -0.4 is 5.32 Å². The number of carboxylic acid groups (broad SMARTS) is 1. The van der Waals surface area contributed by atoms with Crippen molar-refractivity contribution in [2.75, 3.05) is 13.1 Å². The van der Waals surface area contributed by atoms with E-state index in [1.165, 1.54) is 0 Å². The van der Waals surface area contributed by atoms with Crippen molar-refractivity contribution in [2.24, 2.45) is 10.4 Å². The highest BCUT2D eigenvalue weighted by atomic mass is 16.4. The minimum atomic E-state index is -0.808. The van der Waals surface area contributed by atoms with Crippen molar-refractivity contribution in [3.8, 4) is 0 Å². The number of nitrogens with zero attached hydrogens (tertiary/aromatic N) is 1. The van der Waals surface area contributed by atoms with Gasteiger partial charge in [0.25, 0.3) is 0 Å². The molecule has 0 fully saturated rings. The topological polar surface area (TPSA) is 61.7 Å². The number of aliphatic imine (C=N–C) groups is 1. The summed E-state index contributed by atoms with van der Waals surface area (Å²) >= 11 is 0. The van der Waals surface area contributed by atoms with Crippen LogP contribution in [0.5, 0.6) is 0 Å². The molecule has 1 aromatic carbocycles. The molecule has 0 unspecified atom stereocenters. The van der Waals surface area contributed by atoms with Gasteiger partial charge in [0.1, 0.15) is 5.84 Å². The number of amidine groups is 1. The SMILES string of the molecule is CC1(C)CN=C(c2ccc(CC(=O)O)cc2)NC1. The van der Waals surface area contributed by atoms with Crippen molar-refractivity contribution in [1.29, 1.82) is 0 Å². The van der Waals surface area contributed by atoms with E-state index in [1.807, 2.05) is 24.3 Å². The normalized spacial score (nSPS) is 17.8. The third kappa shape index (κ3) is 3.09. The van der Waals surface area contributed by atoms with Gasteiger partial charge < -0.3 is 10.4 Å². The van der Waals surface area contributed by atoms with Crippen molar-refractivity contribution >= 4 is 11.8 Å². The summed E-state index contributed by atoms with van der Waals surface area (Å²) in [5.74, 6) is 0.0915. The highest BCUT2D eigenvalue weighted by molar-refractivity contribution is 5.99. The van der Waals surface area contributed by atoms with Gasteiger partial charge in [-0.2, -0.15) is 0 Å². The summed E-state index contributed by atoms with van der Waals surface area (Å²) in [6.45, 7) is 6.07. The molecule has 0 amide bonds. The summed E-state index contributed by atoms with van der Waals surface area (Å²) in [5, 5.41) is 12.0. The first-order chi connectivity index (χ1) is 8.46. The molecular weight excluding hydrogens is 228 g/mol. The molecular formula is C14H18N2O2. The number of hydrogen-bond acceptors (Lipinski definition) is 3. The van der Waals surface area contributed by atoms with Crippen molar-refractivity contribution in [1.82, 2.24) is 5.32 Å². The summed E-state index contributed by atoms with van der Waals surface area (Å²) in [6, 6.07) is 7.52. The molecule has 0 radical (unpaired) electrons. The van der Waals surface area contributed by atoms with Crippen LogP contribution >= 0.6 is 0 Å². The maximum absolute atomic E-state index is 10.6. The Kier molecular flexibility index (Phi) is 3.36. The van der Waals surface area contributed by atoms with Crippen LogP contribution in [0.25, 0.3) is 0 Å². The molecule has 2 N–H and O–H groups in total. The average Bonchev–Trinajstić information content (AvgIpc) is 2.30. The quantitative estimate of drug-likeness (QED) is 0.853. The van der Waals surface area contributed by atoms with Gasteiger partial charge in [-0.1, -0.05) is 38.1 Å². The highest BCUT2D eigenvalue weighted by Crippen LogP contribution is 2.18. The third-order valence-corrected chi connectivity index (χ3v) is 2.98. The Balaban J connectivity index is 2.11. The van der Waals surface area contributed by atoms with E-state index in [2.05, 4.69) is 24.2 Å². The number of carbonyl (C=O) groups is 1. The molecule has 0 saturated carbocycles. The van der Waals surface area contributed by atoms with Crippen LogP contribution in [0.1, 0.15) is 25.0 Å². The van der Waals surface area contributed by atoms with E-state index in [4.69, 9.17) is 5.11 Å². The highest BCUT2D eigenvalue weighted by Gasteiger charge is 2.22. The van der Waals surface area contributed by atoms with Gasteiger partial charge in [0, 0.05) is 24.1 Å². The average molecular weight is 246 g/mol. The fourth-order valence-electron chi connectivity index (χ4n) is 1.88. The molecule has 0 aromatic heterocycles. The van der Waals surface area contributed by atoms with Crippen LogP contribution in [-0.2, 0) is 11.2 Å². The summed E-state index contributed by atoms with van der Waals surface area (Å²) in [6.07, 6.45) is 0.0627. The molecule has 1 aliphatic heterocycles. The number of benzene rings is 1. The number of rotatable bonds is 3. The van der Waals surface area contributed by atoms with E-state index < -0.39 is 5.97 Å². The smallest absolute Gasteiger partial charge is 0.307 e. The van der Waals surface area contributed by atoms with E-state index in [0.717, 1.165) is 30.1 Å². The molecule has 0 saturated heterocycles. The molecule has 1 heterocycles. The van der Waals surface area contributed by atoms with Crippen molar-refractivity contribution in [3.05, 3.63) is 35.4 Å². The maximum atomic E-state index is 10.6. The van der Waals surface area contributed by atoms with E-state index >= 15 is 0 Å². The molecule has 0 aliphatic carbocycles. The lowest BCUT2D eigenvalue weighted by Gasteiger charge is -2.29. The van der Waals surface area contributed by atoms with E-state index in [1.54, 1.807) is 0 Å². The molecule has 96 valence electrons. The zero-order valence-corrected chi connectivity index (χ0v) is 10.7. The molecule has 1 aliphatic rings. The van der Waals surface area contributed by atoms with Gasteiger partial charge in [-0.25, -0.2) is 0 Å². The summed E-state index contributed by atoms with van der Waals surface area (Å²) in [7, 11) is 0.